The van der Waals surface area contributed by atoms with E-state index in [-0.39, 0.29) is 12.5 Å². The predicted octanol–water partition coefficient (Wildman–Crippen LogP) is -0.0422. The molecule has 0 radical (unpaired) electrons. The number of nitrogens with two attached hydrogens (primary N) is 1. The van der Waals surface area contributed by atoms with Crippen LogP contribution in [0.4, 0.5) is 5.13 Å². The van der Waals surface area contributed by atoms with Crippen LogP contribution in [-0.4, -0.2) is 64.5 Å². The van der Waals surface area contributed by atoms with E-state index in [9.17, 15) is 9.59 Å². The lowest BCUT2D eigenvalue weighted by Crippen LogP contribution is -2.36. The molecule has 1 aromatic rings. The molecule has 1 aliphatic rings. The highest BCUT2D eigenvalue weighted by Gasteiger charge is 2.22. The topological polar surface area (TPSA) is 99.8 Å². The molecule has 1 aromatic heterocycles. The van der Waals surface area contributed by atoms with Gasteiger partial charge in [0.15, 0.2) is 5.13 Å². The molecule has 3 N–H and O–H groups in total. The predicted molar refractivity (Wildman–Crippen MR) is 71.1 cm³/mol. The Labute approximate surface area is 114 Å². The number of nitrogens with zero attached hydrogens (tertiary/aromatic N) is 3. The summed E-state index contributed by atoms with van der Waals surface area (Å²) in [6.07, 6.45) is 0.763. The Kier molecular flexibility index (Phi) is 4.33. The molecule has 7 nitrogen and oxygen atoms in total. The van der Waals surface area contributed by atoms with Crippen molar-refractivity contribution in [1.82, 2.24) is 14.8 Å². The van der Waals surface area contributed by atoms with Gasteiger partial charge in [-0.25, -0.2) is 4.98 Å². The number of amides is 1. The van der Waals surface area contributed by atoms with Gasteiger partial charge in [0.05, 0.1) is 6.54 Å². The van der Waals surface area contributed by atoms with Gasteiger partial charge < -0.3 is 15.7 Å². The van der Waals surface area contributed by atoms with Crippen molar-refractivity contribution in [2.75, 3.05) is 38.5 Å². The minimum Gasteiger partial charge on any atom is -0.480 e. The zero-order chi connectivity index (χ0) is 13.8. The van der Waals surface area contributed by atoms with Crippen molar-refractivity contribution >= 4 is 28.3 Å². The second-order valence-electron chi connectivity index (χ2n) is 4.39. The monoisotopic (exact) mass is 284 g/mol. The summed E-state index contributed by atoms with van der Waals surface area (Å²) in [4.78, 5) is 30.4. The van der Waals surface area contributed by atoms with E-state index >= 15 is 0 Å². The zero-order valence-corrected chi connectivity index (χ0v) is 11.2. The largest absolute Gasteiger partial charge is 0.480 e. The van der Waals surface area contributed by atoms with Crippen molar-refractivity contribution in [3.05, 3.63) is 11.1 Å². The third-order valence-electron chi connectivity index (χ3n) is 2.98. The number of carbonyl (C=O) groups excluding carboxylic acids is 1. The fourth-order valence-corrected chi connectivity index (χ4v) is 2.61. The minimum absolute atomic E-state index is 0.0195. The maximum absolute atomic E-state index is 12.2. The van der Waals surface area contributed by atoms with Gasteiger partial charge in [0.2, 0.25) is 0 Å². The number of nitrogen functional groups attached to an aromatic ring is 1. The number of hydrogen-bond acceptors (Lipinski definition) is 6. The van der Waals surface area contributed by atoms with E-state index in [2.05, 4.69) is 4.98 Å². The van der Waals surface area contributed by atoms with Crippen LogP contribution in [-0.2, 0) is 4.79 Å². The van der Waals surface area contributed by atoms with Crippen LogP contribution in [0.1, 0.15) is 16.9 Å². The summed E-state index contributed by atoms with van der Waals surface area (Å²) >= 11 is 1.24. The third kappa shape index (κ3) is 3.65. The molecule has 0 aromatic carbocycles. The molecule has 19 heavy (non-hydrogen) atoms. The summed E-state index contributed by atoms with van der Waals surface area (Å²) in [6.45, 7) is 2.41. The van der Waals surface area contributed by atoms with Gasteiger partial charge in [0, 0.05) is 31.6 Å². The van der Waals surface area contributed by atoms with E-state index in [4.69, 9.17) is 10.8 Å². The van der Waals surface area contributed by atoms with E-state index in [1.54, 1.807) is 10.3 Å². The van der Waals surface area contributed by atoms with E-state index in [0.717, 1.165) is 6.42 Å². The number of aromatic nitrogens is 1. The molecule has 0 spiro atoms. The van der Waals surface area contributed by atoms with E-state index in [1.807, 2.05) is 4.90 Å². The molecule has 0 unspecified atom stereocenters. The number of carboxylic acids is 1. The van der Waals surface area contributed by atoms with Gasteiger partial charge in [-0.15, -0.1) is 11.3 Å². The molecule has 2 rings (SSSR count). The zero-order valence-electron chi connectivity index (χ0n) is 10.4. The van der Waals surface area contributed by atoms with Crippen LogP contribution < -0.4 is 5.73 Å². The Balaban J connectivity index is 1.95. The average Bonchev–Trinajstić information content (AvgIpc) is 2.65. The van der Waals surface area contributed by atoms with Gasteiger partial charge in [0.25, 0.3) is 5.91 Å². The van der Waals surface area contributed by atoms with E-state index < -0.39 is 5.97 Å². The molecule has 2 heterocycles. The first-order valence-electron chi connectivity index (χ1n) is 6.00. The van der Waals surface area contributed by atoms with Gasteiger partial charge in [-0.3, -0.25) is 14.5 Å². The second-order valence-corrected chi connectivity index (χ2v) is 5.28. The van der Waals surface area contributed by atoms with E-state index in [1.165, 1.54) is 11.3 Å². The highest BCUT2D eigenvalue weighted by atomic mass is 32.1. The van der Waals surface area contributed by atoms with Crippen LogP contribution in [0.5, 0.6) is 0 Å². The molecule has 0 atom stereocenters. The second kappa shape index (κ2) is 5.98. The number of aliphatic carboxylic acids is 1. The van der Waals surface area contributed by atoms with Crippen molar-refractivity contribution in [3.8, 4) is 0 Å². The fraction of sp³-hybridized carbons (Fsp3) is 0.545. The SMILES string of the molecule is Nc1nc(C(=O)N2CCCN(CC(=O)O)CC2)cs1. The Morgan fingerprint density at radius 1 is 1.37 bits per heavy atom. The summed E-state index contributed by atoms with van der Waals surface area (Å²) in [5.74, 6) is -0.975. The lowest BCUT2D eigenvalue weighted by molar-refractivity contribution is -0.138. The normalized spacial score (nSPS) is 17.2. The smallest absolute Gasteiger partial charge is 0.317 e. The maximum atomic E-state index is 12.2. The molecule has 0 saturated carbocycles. The third-order valence-corrected chi connectivity index (χ3v) is 3.65. The number of rotatable bonds is 3. The molecule has 1 fully saturated rings. The van der Waals surface area contributed by atoms with Crippen molar-refractivity contribution in [3.63, 3.8) is 0 Å². The molecular weight excluding hydrogens is 268 g/mol. The molecule has 1 amide bonds. The van der Waals surface area contributed by atoms with Gasteiger partial charge >= 0.3 is 5.97 Å². The Morgan fingerprint density at radius 2 is 2.16 bits per heavy atom. The van der Waals surface area contributed by atoms with Crippen molar-refractivity contribution < 1.29 is 14.7 Å². The molecule has 0 aliphatic carbocycles. The molecule has 8 heteroatoms. The van der Waals surface area contributed by atoms with Gasteiger partial charge in [-0.1, -0.05) is 0 Å². The number of hydrogen-bond donors (Lipinski definition) is 2. The van der Waals surface area contributed by atoms with Gasteiger partial charge in [-0.05, 0) is 6.42 Å². The summed E-state index contributed by atoms with van der Waals surface area (Å²) in [5, 5.41) is 10.8. The van der Waals surface area contributed by atoms with Gasteiger partial charge in [0.1, 0.15) is 5.69 Å². The lowest BCUT2D eigenvalue weighted by atomic mass is 10.3. The van der Waals surface area contributed by atoms with Crippen molar-refractivity contribution in [2.45, 2.75) is 6.42 Å². The fourth-order valence-electron chi connectivity index (χ4n) is 2.07. The summed E-state index contributed by atoms with van der Waals surface area (Å²) in [7, 11) is 0. The van der Waals surface area contributed by atoms with Crippen LogP contribution >= 0.6 is 11.3 Å². The lowest BCUT2D eigenvalue weighted by Gasteiger charge is -2.20. The molecule has 104 valence electrons. The summed E-state index contributed by atoms with van der Waals surface area (Å²) in [5.41, 5.74) is 5.89. The Hall–Kier alpha value is -1.67. The molecule has 0 bridgehead atoms. The van der Waals surface area contributed by atoms with Gasteiger partial charge in [-0.2, -0.15) is 0 Å². The maximum Gasteiger partial charge on any atom is 0.317 e. The first-order valence-corrected chi connectivity index (χ1v) is 6.88. The summed E-state index contributed by atoms with van der Waals surface area (Å²) in [6, 6.07) is 0. The average molecular weight is 284 g/mol. The van der Waals surface area contributed by atoms with Crippen LogP contribution in [0.15, 0.2) is 5.38 Å². The van der Waals surface area contributed by atoms with Crippen LogP contribution in [0, 0.1) is 0 Å². The van der Waals surface area contributed by atoms with Crippen LogP contribution in [0.25, 0.3) is 0 Å². The summed E-state index contributed by atoms with van der Waals surface area (Å²) < 4.78 is 0. The van der Waals surface area contributed by atoms with Crippen molar-refractivity contribution in [1.29, 1.82) is 0 Å². The Morgan fingerprint density at radius 3 is 2.79 bits per heavy atom. The number of carboxylic acid groups (broad SMARTS) is 1. The molecular formula is C11H16N4O3S. The first-order chi connectivity index (χ1) is 9.06. The first kappa shape index (κ1) is 13.8. The van der Waals surface area contributed by atoms with Crippen molar-refractivity contribution in [2.24, 2.45) is 0 Å². The van der Waals surface area contributed by atoms with Crippen LogP contribution in [0.2, 0.25) is 0 Å². The minimum atomic E-state index is -0.841. The highest BCUT2D eigenvalue weighted by molar-refractivity contribution is 7.13. The number of anilines is 1. The quantitative estimate of drug-likeness (QED) is 0.808. The van der Waals surface area contributed by atoms with Crippen LogP contribution in [0.3, 0.4) is 0 Å². The molecule has 1 aliphatic heterocycles. The standard InChI is InChI=1S/C11H16N4O3S/c12-11-13-8(7-19-11)10(18)15-3-1-2-14(4-5-15)6-9(16)17/h7H,1-6H2,(H2,12,13)(H,16,17). The highest BCUT2D eigenvalue weighted by Crippen LogP contribution is 2.14. The number of carbonyl (C=O) groups is 2. The Bertz CT molecular complexity index is 476. The van der Waals surface area contributed by atoms with E-state index in [0.29, 0.717) is 37.0 Å². The number of thiazole rings is 1. The molecule has 1 saturated heterocycles.